The molecule has 2 heterocycles. The average Bonchev–Trinajstić information content (AvgIpc) is 2.94. The summed E-state index contributed by atoms with van der Waals surface area (Å²) in [6.07, 6.45) is 1.17. The van der Waals surface area contributed by atoms with Gasteiger partial charge in [0.05, 0.1) is 10.7 Å². The number of rotatable bonds is 2. The molecule has 0 N–H and O–H groups in total. The second kappa shape index (κ2) is 4.15. The Hall–Kier alpha value is -1.35. The van der Waals surface area contributed by atoms with E-state index in [9.17, 15) is 0 Å². The maximum absolute atomic E-state index is 4.55. The zero-order valence-electron chi connectivity index (χ0n) is 10.2. The first-order valence-electron chi connectivity index (χ1n) is 6.08. The Morgan fingerprint density at radius 3 is 3.00 bits per heavy atom. The molecule has 0 radical (unpaired) electrons. The standard InChI is InChI=1S/C14H16N2S/c1-3-16-7-6-12-8-11(4-5-14(12)16)13-9-17-10(2)15-13/h4-5,8-9H,3,6-7H2,1-2H3. The van der Waals surface area contributed by atoms with E-state index < -0.39 is 0 Å². The van der Waals surface area contributed by atoms with Crippen molar-refractivity contribution in [2.75, 3.05) is 18.0 Å². The Balaban J connectivity index is 2.00. The second-order valence-electron chi connectivity index (χ2n) is 4.42. The summed E-state index contributed by atoms with van der Waals surface area (Å²) in [5, 5.41) is 3.28. The van der Waals surface area contributed by atoms with E-state index in [0.717, 1.165) is 23.8 Å². The van der Waals surface area contributed by atoms with Crippen LogP contribution in [-0.2, 0) is 6.42 Å². The quantitative estimate of drug-likeness (QED) is 0.803. The highest BCUT2D eigenvalue weighted by Crippen LogP contribution is 2.32. The summed E-state index contributed by atoms with van der Waals surface area (Å²) >= 11 is 1.72. The van der Waals surface area contributed by atoms with E-state index in [2.05, 4.69) is 47.3 Å². The normalized spacial score (nSPS) is 14.1. The minimum atomic E-state index is 1.10. The van der Waals surface area contributed by atoms with Crippen molar-refractivity contribution in [3.63, 3.8) is 0 Å². The molecule has 3 heteroatoms. The van der Waals surface area contributed by atoms with Crippen LogP contribution in [0.4, 0.5) is 5.69 Å². The highest BCUT2D eigenvalue weighted by atomic mass is 32.1. The van der Waals surface area contributed by atoms with Crippen LogP contribution in [-0.4, -0.2) is 18.1 Å². The van der Waals surface area contributed by atoms with Gasteiger partial charge in [0.15, 0.2) is 0 Å². The maximum Gasteiger partial charge on any atom is 0.0901 e. The van der Waals surface area contributed by atoms with E-state index in [1.54, 1.807) is 11.3 Å². The van der Waals surface area contributed by atoms with Gasteiger partial charge in [-0.1, -0.05) is 6.07 Å². The average molecular weight is 244 g/mol. The minimum Gasteiger partial charge on any atom is -0.371 e. The number of benzene rings is 1. The van der Waals surface area contributed by atoms with Crippen molar-refractivity contribution in [3.8, 4) is 11.3 Å². The van der Waals surface area contributed by atoms with Gasteiger partial charge in [0.2, 0.25) is 0 Å². The number of thiazole rings is 1. The van der Waals surface area contributed by atoms with Crippen molar-refractivity contribution in [1.82, 2.24) is 4.98 Å². The lowest BCUT2D eigenvalue weighted by Crippen LogP contribution is -2.18. The lowest BCUT2D eigenvalue weighted by molar-refractivity contribution is 0.868. The number of anilines is 1. The van der Waals surface area contributed by atoms with Gasteiger partial charge in [-0.05, 0) is 38.0 Å². The Bertz CT molecular complexity index is 545. The van der Waals surface area contributed by atoms with Crippen LogP contribution in [0.25, 0.3) is 11.3 Å². The van der Waals surface area contributed by atoms with Crippen LogP contribution < -0.4 is 4.90 Å². The van der Waals surface area contributed by atoms with Gasteiger partial charge in [0, 0.05) is 29.7 Å². The third-order valence-corrected chi connectivity index (χ3v) is 4.14. The molecule has 0 aliphatic carbocycles. The molecule has 1 aromatic carbocycles. The minimum absolute atomic E-state index is 1.10. The summed E-state index contributed by atoms with van der Waals surface area (Å²) < 4.78 is 0. The van der Waals surface area contributed by atoms with Gasteiger partial charge in [-0.15, -0.1) is 11.3 Å². The molecule has 0 bridgehead atoms. The van der Waals surface area contributed by atoms with Crippen LogP contribution in [0.3, 0.4) is 0 Å². The van der Waals surface area contributed by atoms with Crippen molar-refractivity contribution in [1.29, 1.82) is 0 Å². The molecule has 0 spiro atoms. The van der Waals surface area contributed by atoms with Crippen LogP contribution in [0.2, 0.25) is 0 Å². The molecule has 88 valence electrons. The highest BCUT2D eigenvalue weighted by molar-refractivity contribution is 7.09. The van der Waals surface area contributed by atoms with Gasteiger partial charge < -0.3 is 4.90 Å². The molecule has 1 aliphatic heterocycles. The Labute approximate surface area is 106 Å². The first kappa shape index (κ1) is 10.8. The van der Waals surface area contributed by atoms with E-state index in [-0.39, 0.29) is 0 Å². The van der Waals surface area contributed by atoms with Crippen LogP contribution in [0.5, 0.6) is 0 Å². The molecule has 1 aliphatic rings. The second-order valence-corrected chi connectivity index (χ2v) is 5.49. The SMILES string of the molecule is CCN1CCc2cc(-c3csc(C)n3)ccc21. The predicted molar refractivity (Wildman–Crippen MR) is 73.9 cm³/mol. The fourth-order valence-electron chi connectivity index (χ4n) is 2.45. The Kier molecular flexibility index (Phi) is 2.63. The number of likely N-dealkylation sites (N-methyl/N-ethyl adjacent to an activating group) is 1. The molecule has 0 fully saturated rings. The smallest absolute Gasteiger partial charge is 0.0901 e. The molecule has 0 saturated carbocycles. The number of hydrogen-bond acceptors (Lipinski definition) is 3. The summed E-state index contributed by atoms with van der Waals surface area (Å²) in [7, 11) is 0. The molecule has 0 saturated heterocycles. The lowest BCUT2D eigenvalue weighted by Gasteiger charge is -2.16. The largest absolute Gasteiger partial charge is 0.371 e. The summed E-state index contributed by atoms with van der Waals surface area (Å²) in [5.41, 5.74) is 5.24. The van der Waals surface area contributed by atoms with E-state index in [1.807, 2.05) is 0 Å². The molecule has 1 aromatic heterocycles. The molecular weight excluding hydrogens is 228 g/mol. The summed E-state index contributed by atoms with van der Waals surface area (Å²) in [6.45, 7) is 6.53. The zero-order valence-corrected chi connectivity index (χ0v) is 11.0. The van der Waals surface area contributed by atoms with Gasteiger partial charge in [-0.2, -0.15) is 0 Å². The van der Waals surface area contributed by atoms with Crippen LogP contribution in [0, 0.1) is 6.92 Å². The van der Waals surface area contributed by atoms with Crippen molar-refractivity contribution in [2.45, 2.75) is 20.3 Å². The van der Waals surface area contributed by atoms with Gasteiger partial charge in [-0.25, -0.2) is 4.98 Å². The van der Waals surface area contributed by atoms with Crippen molar-refractivity contribution >= 4 is 17.0 Å². The van der Waals surface area contributed by atoms with Gasteiger partial charge >= 0.3 is 0 Å². The lowest BCUT2D eigenvalue weighted by atomic mass is 10.1. The van der Waals surface area contributed by atoms with E-state index in [4.69, 9.17) is 0 Å². The van der Waals surface area contributed by atoms with Crippen molar-refractivity contribution in [2.24, 2.45) is 0 Å². The van der Waals surface area contributed by atoms with E-state index in [0.29, 0.717) is 0 Å². The summed E-state index contributed by atoms with van der Waals surface area (Å²) in [5.74, 6) is 0. The van der Waals surface area contributed by atoms with Crippen LogP contribution in [0.1, 0.15) is 17.5 Å². The third-order valence-electron chi connectivity index (χ3n) is 3.37. The van der Waals surface area contributed by atoms with Gasteiger partial charge in [-0.3, -0.25) is 0 Å². The molecule has 2 aromatic rings. The number of nitrogens with zero attached hydrogens (tertiary/aromatic N) is 2. The number of aryl methyl sites for hydroxylation is 1. The zero-order chi connectivity index (χ0) is 11.8. The first-order valence-corrected chi connectivity index (χ1v) is 6.96. The fraction of sp³-hybridized carbons (Fsp3) is 0.357. The molecule has 2 nitrogen and oxygen atoms in total. The molecule has 0 amide bonds. The number of fused-ring (bicyclic) bond motifs is 1. The summed E-state index contributed by atoms with van der Waals surface area (Å²) in [4.78, 5) is 6.99. The maximum atomic E-state index is 4.55. The molecular formula is C14H16N2S. The Morgan fingerprint density at radius 1 is 1.41 bits per heavy atom. The molecule has 17 heavy (non-hydrogen) atoms. The van der Waals surface area contributed by atoms with Gasteiger partial charge in [0.1, 0.15) is 0 Å². The summed E-state index contributed by atoms with van der Waals surface area (Å²) in [6, 6.07) is 6.75. The van der Waals surface area contributed by atoms with Crippen molar-refractivity contribution in [3.05, 3.63) is 34.2 Å². The molecule has 3 rings (SSSR count). The monoisotopic (exact) mass is 244 g/mol. The highest BCUT2D eigenvalue weighted by Gasteiger charge is 2.18. The fourth-order valence-corrected chi connectivity index (χ4v) is 3.08. The topological polar surface area (TPSA) is 16.1 Å². The van der Waals surface area contributed by atoms with Crippen molar-refractivity contribution < 1.29 is 0 Å². The van der Waals surface area contributed by atoms with Crippen LogP contribution >= 0.6 is 11.3 Å². The molecule has 0 atom stereocenters. The van der Waals surface area contributed by atoms with E-state index >= 15 is 0 Å². The van der Waals surface area contributed by atoms with Crippen LogP contribution in [0.15, 0.2) is 23.6 Å². The first-order chi connectivity index (χ1) is 8.28. The number of hydrogen-bond donors (Lipinski definition) is 0. The molecule has 0 unspecified atom stereocenters. The predicted octanol–water partition coefficient (Wildman–Crippen LogP) is 3.50. The number of aromatic nitrogens is 1. The third kappa shape index (κ3) is 1.84. The van der Waals surface area contributed by atoms with E-state index in [1.165, 1.54) is 23.2 Å². The Morgan fingerprint density at radius 2 is 2.29 bits per heavy atom. The van der Waals surface area contributed by atoms with Gasteiger partial charge in [0.25, 0.3) is 0 Å².